The molecule has 0 aliphatic rings. The van der Waals surface area contributed by atoms with E-state index in [0.717, 1.165) is 12.8 Å². The Morgan fingerprint density at radius 1 is 1.59 bits per heavy atom. The van der Waals surface area contributed by atoms with E-state index < -0.39 is 0 Å². The average Bonchev–Trinajstić information content (AvgIpc) is 2.34. The van der Waals surface area contributed by atoms with Gasteiger partial charge >= 0.3 is 0 Å². The van der Waals surface area contributed by atoms with Crippen LogP contribution in [-0.2, 0) is 0 Å². The van der Waals surface area contributed by atoms with Gasteiger partial charge in [-0.2, -0.15) is 5.26 Å². The minimum absolute atomic E-state index is 0.217. The van der Waals surface area contributed by atoms with E-state index in [1.807, 2.05) is 6.07 Å². The summed E-state index contributed by atoms with van der Waals surface area (Å²) in [5, 5.41) is 11.5. The van der Waals surface area contributed by atoms with Crippen LogP contribution in [0, 0.1) is 17.2 Å². The normalized spacial score (nSPS) is 10.0. The van der Waals surface area contributed by atoms with Gasteiger partial charge in [0.15, 0.2) is 0 Å². The van der Waals surface area contributed by atoms with Crippen molar-refractivity contribution in [3.8, 4) is 6.07 Å². The molecule has 4 heteroatoms. The molecule has 0 unspecified atom stereocenters. The van der Waals surface area contributed by atoms with E-state index in [1.165, 1.54) is 12.3 Å². The second-order valence-electron chi connectivity index (χ2n) is 4.33. The van der Waals surface area contributed by atoms with Crippen molar-refractivity contribution in [2.75, 3.05) is 6.54 Å². The largest absolute Gasteiger partial charge is 0.351 e. The van der Waals surface area contributed by atoms with Gasteiger partial charge in [0.1, 0.15) is 5.69 Å². The van der Waals surface area contributed by atoms with E-state index in [4.69, 9.17) is 5.26 Å². The molecular weight excluding hydrogens is 214 g/mol. The predicted octanol–water partition coefficient (Wildman–Crippen LogP) is 2.12. The third kappa shape index (κ3) is 4.64. The van der Waals surface area contributed by atoms with Crippen molar-refractivity contribution in [1.82, 2.24) is 10.3 Å². The van der Waals surface area contributed by atoms with Gasteiger partial charge < -0.3 is 5.32 Å². The molecule has 90 valence electrons. The summed E-state index contributed by atoms with van der Waals surface area (Å²) in [5.74, 6) is 0.429. The highest BCUT2D eigenvalue weighted by Crippen LogP contribution is 2.03. The van der Waals surface area contributed by atoms with Gasteiger partial charge in [-0.1, -0.05) is 13.8 Å². The third-order valence-corrected chi connectivity index (χ3v) is 2.37. The van der Waals surface area contributed by atoms with Gasteiger partial charge in [0, 0.05) is 12.7 Å². The maximum Gasteiger partial charge on any atom is 0.269 e. The molecule has 0 radical (unpaired) electrons. The molecule has 0 saturated carbocycles. The molecule has 0 bridgehead atoms. The van der Waals surface area contributed by atoms with Crippen LogP contribution < -0.4 is 5.32 Å². The topological polar surface area (TPSA) is 65.8 Å². The molecule has 0 atom stereocenters. The lowest BCUT2D eigenvalue weighted by atomic mass is 10.1. The Labute approximate surface area is 102 Å². The highest BCUT2D eigenvalue weighted by atomic mass is 16.1. The SMILES string of the molecule is CC(C)CCCNC(=O)c1cc(C#N)ccn1. The Bertz CT molecular complexity index is 421. The van der Waals surface area contributed by atoms with E-state index in [0.29, 0.717) is 23.7 Å². The fraction of sp³-hybridized carbons (Fsp3) is 0.462. The molecule has 0 aromatic carbocycles. The van der Waals surface area contributed by atoms with E-state index in [2.05, 4.69) is 24.1 Å². The summed E-state index contributed by atoms with van der Waals surface area (Å²) in [6, 6.07) is 5.06. The number of hydrogen-bond donors (Lipinski definition) is 1. The van der Waals surface area contributed by atoms with Gasteiger partial charge in [0.05, 0.1) is 11.6 Å². The summed E-state index contributed by atoms with van der Waals surface area (Å²) in [6.07, 6.45) is 3.52. The van der Waals surface area contributed by atoms with Crippen LogP contribution in [0.2, 0.25) is 0 Å². The summed E-state index contributed by atoms with van der Waals surface area (Å²) in [6.45, 7) is 4.95. The number of nitriles is 1. The fourth-order valence-corrected chi connectivity index (χ4v) is 1.43. The number of nitrogens with zero attached hydrogens (tertiary/aromatic N) is 2. The molecule has 0 spiro atoms. The van der Waals surface area contributed by atoms with E-state index in [1.54, 1.807) is 6.07 Å². The van der Waals surface area contributed by atoms with Crippen LogP contribution >= 0.6 is 0 Å². The van der Waals surface area contributed by atoms with Crippen LogP contribution in [0.15, 0.2) is 18.3 Å². The molecule has 0 fully saturated rings. The Balaban J connectivity index is 2.44. The van der Waals surface area contributed by atoms with Gasteiger partial charge in [0.2, 0.25) is 0 Å². The molecule has 1 N–H and O–H groups in total. The standard InChI is InChI=1S/C13H17N3O/c1-10(2)4-3-6-16-13(17)12-8-11(9-14)5-7-15-12/h5,7-8,10H,3-4,6H2,1-2H3,(H,16,17). The van der Waals surface area contributed by atoms with Crippen molar-refractivity contribution in [2.24, 2.45) is 5.92 Å². The van der Waals surface area contributed by atoms with E-state index in [-0.39, 0.29) is 5.91 Å². The molecule has 1 aromatic heterocycles. The number of carbonyl (C=O) groups excluding carboxylic acids is 1. The number of nitrogens with one attached hydrogen (secondary N) is 1. The van der Waals surface area contributed by atoms with Crippen molar-refractivity contribution < 1.29 is 4.79 Å². The van der Waals surface area contributed by atoms with Crippen molar-refractivity contribution in [3.63, 3.8) is 0 Å². The summed E-state index contributed by atoms with van der Waals surface area (Å²) in [5.41, 5.74) is 0.751. The minimum Gasteiger partial charge on any atom is -0.351 e. The minimum atomic E-state index is -0.217. The van der Waals surface area contributed by atoms with Crippen LogP contribution in [-0.4, -0.2) is 17.4 Å². The summed E-state index contributed by atoms with van der Waals surface area (Å²) in [7, 11) is 0. The summed E-state index contributed by atoms with van der Waals surface area (Å²) >= 11 is 0. The lowest BCUT2D eigenvalue weighted by Gasteiger charge is -2.06. The van der Waals surface area contributed by atoms with Crippen molar-refractivity contribution in [1.29, 1.82) is 5.26 Å². The van der Waals surface area contributed by atoms with Gasteiger partial charge in [-0.05, 0) is 30.9 Å². The molecule has 17 heavy (non-hydrogen) atoms. The molecule has 1 heterocycles. The van der Waals surface area contributed by atoms with Crippen molar-refractivity contribution in [3.05, 3.63) is 29.6 Å². The van der Waals surface area contributed by atoms with Crippen molar-refractivity contribution in [2.45, 2.75) is 26.7 Å². The zero-order valence-electron chi connectivity index (χ0n) is 10.2. The smallest absolute Gasteiger partial charge is 0.269 e. The first-order valence-corrected chi connectivity index (χ1v) is 5.78. The third-order valence-electron chi connectivity index (χ3n) is 2.37. The van der Waals surface area contributed by atoms with Crippen molar-refractivity contribution >= 4 is 5.91 Å². The monoisotopic (exact) mass is 231 g/mol. The van der Waals surface area contributed by atoms with E-state index >= 15 is 0 Å². The Morgan fingerprint density at radius 2 is 2.35 bits per heavy atom. The fourth-order valence-electron chi connectivity index (χ4n) is 1.43. The molecule has 0 aliphatic carbocycles. The molecule has 1 aromatic rings. The highest BCUT2D eigenvalue weighted by molar-refractivity contribution is 5.92. The molecular formula is C13H17N3O. The van der Waals surface area contributed by atoms with Crippen LogP contribution in [0.25, 0.3) is 0 Å². The molecule has 0 saturated heterocycles. The first kappa shape index (κ1) is 13.2. The number of amides is 1. The van der Waals surface area contributed by atoms with Gasteiger partial charge in [-0.3, -0.25) is 9.78 Å². The van der Waals surface area contributed by atoms with Gasteiger partial charge in [0.25, 0.3) is 5.91 Å². The first-order chi connectivity index (χ1) is 8.13. The van der Waals surface area contributed by atoms with Gasteiger partial charge in [-0.25, -0.2) is 0 Å². The molecule has 1 amide bonds. The maximum absolute atomic E-state index is 11.7. The van der Waals surface area contributed by atoms with Crippen LogP contribution in [0.1, 0.15) is 42.7 Å². The number of rotatable bonds is 5. The predicted molar refractivity (Wildman–Crippen MR) is 65.4 cm³/mol. The second kappa shape index (κ2) is 6.64. The van der Waals surface area contributed by atoms with E-state index in [9.17, 15) is 4.79 Å². The van der Waals surface area contributed by atoms with Crippen LogP contribution in [0.5, 0.6) is 0 Å². The number of pyridine rings is 1. The highest BCUT2D eigenvalue weighted by Gasteiger charge is 2.07. The summed E-state index contributed by atoms with van der Waals surface area (Å²) in [4.78, 5) is 15.6. The molecule has 0 aliphatic heterocycles. The number of carbonyl (C=O) groups is 1. The quantitative estimate of drug-likeness (QED) is 0.789. The Morgan fingerprint density at radius 3 is 3.00 bits per heavy atom. The second-order valence-corrected chi connectivity index (χ2v) is 4.33. The maximum atomic E-state index is 11.7. The molecule has 4 nitrogen and oxygen atoms in total. The zero-order valence-corrected chi connectivity index (χ0v) is 10.2. The lowest BCUT2D eigenvalue weighted by molar-refractivity contribution is 0.0947. The first-order valence-electron chi connectivity index (χ1n) is 5.78. The Hall–Kier alpha value is -1.89. The average molecular weight is 231 g/mol. The molecule has 1 rings (SSSR count). The summed E-state index contributed by atoms with van der Waals surface area (Å²) < 4.78 is 0. The Kier molecular flexibility index (Phi) is 5.15. The number of aromatic nitrogens is 1. The van der Waals surface area contributed by atoms with Crippen LogP contribution in [0.4, 0.5) is 0 Å². The zero-order chi connectivity index (χ0) is 12.7. The lowest BCUT2D eigenvalue weighted by Crippen LogP contribution is -2.25. The van der Waals surface area contributed by atoms with Gasteiger partial charge in [-0.15, -0.1) is 0 Å². The van der Waals surface area contributed by atoms with Crippen LogP contribution in [0.3, 0.4) is 0 Å². The number of hydrogen-bond acceptors (Lipinski definition) is 3.